The van der Waals surface area contributed by atoms with Crippen LogP contribution in [0.5, 0.6) is 11.5 Å². The first kappa shape index (κ1) is 18.6. The molecule has 0 atom stereocenters. The lowest BCUT2D eigenvalue weighted by molar-refractivity contribution is -0.137. The summed E-state index contributed by atoms with van der Waals surface area (Å²) in [6.45, 7) is 4.51. The quantitative estimate of drug-likeness (QED) is 0.737. The summed E-state index contributed by atoms with van der Waals surface area (Å²) in [5, 5.41) is 9.38. The first-order chi connectivity index (χ1) is 12.3. The molecule has 1 aliphatic heterocycles. The zero-order chi connectivity index (χ0) is 18.7. The number of hydrogen-bond donors (Lipinski definition) is 1. The lowest BCUT2D eigenvalue weighted by atomic mass is 10.0. The Morgan fingerprint density at radius 2 is 2.00 bits per heavy atom. The van der Waals surface area contributed by atoms with Crippen LogP contribution in [0.1, 0.15) is 43.4 Å². The van der Waals surface area contributed by atoms with Gasteiger partial charge in [-0.25, -0.2) is 0 Å². The molecule has 0 saturated carbocycles. The summed E-state index contributed by atoms with van der Waals surface area (Å²) in [6, 6.07) is 11.6. The SMILES string of the molecule is CC1(C)Cc2cc(Cl)cc(COc3ccc(CCCC(=O)O)cc3)c2O1. The standard InChI is InChI=1S/C21H23ClO4/c1-21(2)12-15-10-17(22)11-16(20(15)26-21)13-25-18-8-6-14(7-9-18)4-3-5-19(23)24/h6-11H,3-5,12-13H2,1-2H3,(H,23,24). The summed E-state index contributed by atoms with van der Waals surface area (Å²) in [4.78, 5) is 10.6. The molecule has 0 spiro atoms. The van der Waals surface area contributed by atoms with Gasteiger partial charge in [-0.3, -0.25) is 4.79 Å². The van der Waals surface area contributed by atoms with Crippen molar-refractivity contribution in [1.82, 2.24) is 0 Å². The zero-order valence-electron chi connectivity index (χ0n) is 15.0. The Balaban J connectivity index is 1.62. The molecule has 1 heterocycles. The molecule has 0 aliphatic carbocycles. The number of halogens is 1. The van der Waals surface area contributed by atoms with Gasteiger partial charge in [-0.15, -0.1) is 0 Å². The molecule has 2 aromatic rings. The molecule has 4 nitrogen and oxygen atoms in total. The number of ether oxygens (including phenoxy) is 2. The molecule has 2 aromatic carbocycles. The molecule has 0 saturated heterocycles. The Morgan fingerprint density at radius 1 is 1.27 bits per heavy atom. The maximum atomic E-state index is 10.6. The van der Waals surface area contributed by atoms with Gasteiger partial charge < -0.3 is 14.6 Å². The van der Waals surface area contributed by atoms with E-state index in [2.05, 4.69) is 13.8 Å². The Labute approximate surface area is 158 Å². The van der Waals surface area contributed by atoms with Crippen molar-refractivity contribution < 1.29 is 19.4 Å². The summed E-state index contributed by atoms with van der Waals surface area (Å²) >= 11 is 6.24. The highest BCUT2D eigenvalue weighted by Crippen LogP contribution is 2.40. The molecule has 1 aliphatic rings. The van der Waals surface area contributed by atoms with Crippen LogP contribution >= 0.6 is 11.6 Å². The third kappa shape index (κ3) is 4.70. The molecule has 0 radical (unpaired) electrons. The Morgan fingerprint density at radius 3 is 2.69 bits per heavy atom. The van der Waals surface area contributed by atoms with Crippen molar-refractivity contribution in [2.75, 3.05) is 0 Å². The third-order valence-corrected chi connectivity index (χ3v) is 4.59. The van der Waals surface area contributed by atoms with Crippen molar-refractivity contribution >= 4 is 17.6 Å². The van der Waals surface area contributed by atoms with Crippen molar-refractivity contribution in [3.63, 3.8) is 0 Å². The number of aryl methyl sites for hydroxylation is 1. The number of carboxylic acid groups (broad SMARTS) is 1. The lowest BCUT2D eigenvalue weighted by Gasteiger charge is -2.18. The molecule has 0 amide bonds. The summed E-state index contributed by atoms with van der Waals surface area (Å²) < 4.78 is 12.0. The minimum atomic E-state index is -0.760. The molecule has 1 N–H and O–H groups in total. The second-order valence-corrected chi connectivity index (χ2v) is 7.71. The van der Waals surface area contributed by atoms with E-state index < -0.39 is 5.97 Å². The zero-order valence-corrected chi connectivity index (χ0v) is 15.8. The fourth-order valence-electron chi connectivity index (χ4n) is 3.21. The molecule has 0 unspecified atom stereocenters. The number of hydrogen-bond acceptors (Lipinski definition) is 3. The van der Waals surface area contributed by atoms with E-state index in [4.69, 9.17) is 26.2 Å². The lowest BCUT2D eigenvalue weighted by Crippen LogP contribution is -2.25. The van der Waals surface area contributed by atoms with Crippen LogP contribution in [0.3, 0.4) is 0 Å². The highest BCUT2D eigenvalue weighted by atomic mass is 35.5. The minimum Gasteiger partial charge on any atom is -0.489 e. The van der Waals surface area contributed by atoms with E-state index in [-0.39, 0.29) is 12.0 Å². The van der Waals surface area contributed by atoms with E-state index in [1.807, 2.05) is 36.4 Å². The van der Waals surface area contributed by atoms with Crippen LogP contribution in [0.2, 0.25) is 5.02 Å². The van der Waals surface area contributed by atoms with Crippen molar-refractivity contribution in [2.24, 2.45) is 0 Å². The van der Waals surface area contributed by atoms with Gasteiger partial charge in [0.15, 0.2) is 0 Å². The summed E-state index contributed by atoms with van der Waals surface area (Å²) in [5.41, 5.74) is 2.95. The van der Waals surface area contributed by atoms with Gasteiger partial charge in [-0.05, 0) is 62.1 Å². The Hall–Kier alpha value is -2.20. The number of rotatable bonds is 7. The molecule has 26 heavy (non-hydrogen) atoms. The maximum absolute atomic E-state index is 10.6. The van der Waals surface area contributed by atoms with Gasteiger partial charge in [0.25, 0.3) is 0 Å². The van der Waals surface area contributed by atoms with Gasteiger partial charge in [0, 0.05) is 23.4 Å². The molecule has 138 valence electrons. The number of fused-ring (bicyclic) bond motifs is 1. The van der Waals surface area contributed by atoms with Gasteiger partial charge in [0.1, 0.15) is 23.7 Å². The second kappa shape index (κ2) is 7.58. The molecular formula is C21H23ClO4. The van der Waals surface area contributed by atoms with Gasteiger partial charge in [-0.2, -0.15) is 0 Å². The van der Waals surface area contributed by atoms with Gasteiger partial charge in [0.2, 0.25) is 0 Å². The monoisotopic (exact) mass is 374 g/mol. The summed E-state index contributed by atoms with van der Waals surface area (Å²) in [6.07, 6.45) is 2.41. The Kier molecular flexibility index (Phi) is 5.42. The number of aliphatic carboxylic acids is 1. The van der Waals surface area contributed by atoms with Crippen LogP contribution in [-0.4, -0.2) is 16.7 Å². The predicted octanol–water partition coefficient (Wildman–Crippen LogP) is 5.04. The van der Waals surface area contributed by atoms with Crippen LogP contribution in [-0.2, 0) is 24.2 Å². The van der Waals surface area contributed by atoms with Crippen molar-refractivity contribution in [2.45, 2.75) is 51.7 Å². The first-order valence-electron chi connectivity index (χ1n) is 8.76. The molecule has 5 heteroatoms. The van der Waals surface area contributed by atoms with Crippen molar-refractivity contribution in [3.8, 4) is 11.5 Å². The van der Waals surface area contributed by atoms with Crippen molar-refractivity contribution in [3.05, 3.63) is 58.1 Å². The van der Waals surface area contributed by atoms with E-state index in [9.17, 15) is 4.79 Å². The molecule has 0 aromatic heterocycles. The second-order valence-electron chi connectivity index (χ2n) is 7.27. The topological polar surface area (TPSA) is 55.8 Å². The van der Waals surface area contributed by atoms with E-state index in [0.29, 0.717) is 18.1 Å². The van der Waals surface area contributed by atoms with Gasteiger partial charge >= 0.3 is 5.97 Å². The summed E-state index contributed by atoms with van der Waals surface area (Å²) in [7, 11) is 0. The average molecular weight is 375 g/mol. The minimum absolute atomic E-state index is 0.189. The van der Waals surface area contributed by atoms with Crippen LogP contribution in [0, 0.1) is 0 Å². The molecular weight excluding hydrogens is 352 g/mol. The normalized spacial score (nSPS) is 14.6. The number of carbonyl (C=O) groups is 1. The van der Waals surface area contributed by atoms with Crippen LogP contribution < -0.4 is 9.47 Å². The number of benzene rings is 2. The van der Waals surface area contributed by atoms with Gasteiger partial charge in [0.05, 0.1) is 0 Å². The fraction of sp³-hybridized carbons (Fsp3) is 0.381. The van der Waals surface area contributed by atoms with E-state index in [0.717, 1.165) is 41.0 Å². The van der Waals surface area contributed by atoms with E-state index >= 15 is 0 Å². The summed E-state index contributed by atoms with van der Waals surface area (Å²) in [5.74, 6) is 0.882. The van der Waals surface area contributed by atoms with Crippen LogP contribution in [0.25, 0.3) is 0 Å². The highest BCUT2D eigenvalue weighted by molar-refractivity contribution is 6.30. The maximum Gasteiger partial charge on any atom is 0.303 e. The first-order valence-corrected chi connectivity index (χ1v) is 9.14. The molecule has 0 fully saturated rings. The highest BCUT2D eigenvalue weighted by Gasteiger charge is 2.32. The fourth-order valence-corrected chi connectivity index (χ4v) is 3.47. The van der Waals surface area contributed by atoms with Gasteiger partial charge in [-0.1, -0.05) is 23.7 Å². The van der Waals surface area contributed by atoms with E-state index in [1.54, 1.807) is 0 Å². The predicted molar refractivity (Wildman–Crippen MR) is 101 cm³/mol. The molecule has 0 bridgehead atoms. The average Bonchev–Trinajstić information content (AvgIpc) is 2.87. The smallest absolute Gasteiger partial charge is 0.303 e. The molecule has 3 rings (SSSR count). The van der Waals surface area contributed by atoms with Crippen molar-refractivity contribution in [1.29, 1.82) is 0 Å². The van der Waals surface area contributed by atoms with E-state index in [1.165, 1.54) is 0 Å². The Bertz CT molecular complexity index is 796. The number of carboxylic acids is 1. The largest absolute Gasteiger partial charge is 0.489 e. The third-order valence-electron chi connectivity index (χ3n) is 4.38. The van der Waals surface area contributed by atoms with Crippen LogP contribution in [0.4, 0.5) is 0 Å². The van der Waals surface area contributed by atoms with Crippen LogP contribution in [0.15, 0.2) is 36.4 Å².